The molecule has 1 aromatic carbocycles. The van der Waals surface area contributed by atoms with E-state index in [1.54, 1.807) is 6.26 Å². The molecule has 84 valence electrons. The average Bonchev–Trinajstić information content (AvgIpc) is 3.02. The van der Waals surface area contributed by atoms with Crippen LogP contribution in [0.2, 0.25) is 0 Å². The van der Waals surface area contributed by atoms with Crippen LogP contribution in [-0.2, 0) is 6.42 Å². The Hall–Kier alpha value is -2.36. The van der Waals surface area contributed by atoms with E-state index in [1.165, 1.54) is 0 Å². The highest BCUT2D eigenvalue weighted by Gasteiger charge is 2.03. The quantitative estimate of drug-likeness (QED) is 0.687. The molecule has 0 atom stereocenters. The lowest BCUT2D eigenvalue weighted by molar-refractivity contribution is 0.413. The van der Waals surface area contributed by atoms with Crippen molar-refractivity contribution in [1.82, 2.24) is 14.9 Å². The zero-order valence-corrected chi connectivity index (χ0v) is 9.15. The molecule has 0 saturated heterocycles. The standard InChI is InChI=1S/C13H11N3O/c1-2-4-13(5-3-1)16-8-6-11(14-16)10-12-7-9-17-15-12/h1-9H,10H2. The highest BCUT2D eigenvalue weighted by molar-refractivity contribution is 5.30. The first-order valence-electron chi connectivity index (χ1n) is 5.41. The molecular weight excluding hydrogens is 214 g/mol. The first-order valence-corrected chi connectivity index (χ1v) is 5.41. The fraction of sp³-hybridized carbons (Fsp3) is 0.0769. The van der Waals surface area contributed by atoms with Crippen LogP contribution in [0.15, 0.2) is 59.4 Å². The first-order chi connectivity index (χ1) is 8.42. The van der Waals surface area contributed by atoms with Crippen LogP contribution in [0.5, 0.6) is 0 Å². The lowest BCUT2D eigenvalue weighted by Gasteiger charge is -1.99. The van der Waals surface area contributed by atoms with E-state index in [1.807, 2.05) is 53.3 Å². The second-order valence-electron chi connectivity index (χ2n) is 3.75. The largest absolute Gasteiger partial charge is 0.364 e. The molecule has 2 heterocycles. The highest BCUT2D eigenvalue weighted by atomic mass is 16.5. The normalized spacial score (nSPS) is 10.6. The molecule has 4 heteroatoms. The van der Waals surface area contributed by atoms with Gasteiger partial charge in [0.05, 0.1) is 17.1 Å². The highest BCUT2D eigenvalue weighted by Crippen LogP contribution is 2.09. The van der Waals surface area contributed by atoms with Gasteiger partial charge in [0.25, 0.3) is 0 Å². The molecule has 0 saturated carbocycles. The third-order valence-corrected chi connectivity index (χ3v) is 2.52. The van der Waals surface area contributed by atoms with Crippen molar-refractivity contribution in [2.75, 3.05) is 0 Å². The maximum absolute atomic E-state index is 4.79. The second kappa shape index (κ2) is 4.25. The number of nitrogens with zero attached hydrogens (tertiary/aromatic N) is 3. The third-order valence-electron chi connectivity index (χ3n) is 2.52. The average molecular weight is 225 g/mol. The van der Waals surface area contributed by atoms with Crippen LogP contribution in [0.25, 0.3) is 5.69 Å². The summed E-state index contributed by atoms with van der Waals surface area (Å²) in [6, 6.07) is 13.9. The van der Waals surface area contributed by atoms with Gasteiger partial charge in [-0.1, -0.05) is 23.4 Å². The van der Waals surface area contributed by atoms with Crippen molar-refractivity contribution in [3.8, 4) is 5.69 Å². The summed E-state index contributed by atoms with van der Waals surface area (Å²) in [5.74, 6) is 0. The Kier molecular flexibility index (Phi) is 2.46. The Morgan fingerprint density at radius 1 is 1.00 bits per heavy atom. The zero-order valence-electron chi connectivity index (χ0n) is 9.15. The number of rotatable bonds is 3. The molecule has 0 aliphatic rings. The fourth-order valence-corrected chi connectivity index (χ4v) is 1.69. The number of hydrogen-bond donors (Lipinski definition) is 0. The summed E-state index contributed by atoms with van der Waals surface area (Å²) >= 11 is 0. The molecule has 17 heavy (non-hydrogen) atoms. The summed E-state index contributed by atoms with van der Waals surface area (Å²) < 4.78 is 6.65. The summed E-state index contributed by atoms with van der Waals surface area (Å²) in [6.07, 6.45) is 4.21. The fourth-order valence-electron chi connectivity index (χ4n) is 1.69. The minimum absolute atomic E-state index is 0.691. The van der Waals surface area contributed by atoms with E-state index >= 15 is 0 Å². The van der Waals surface area contributed by atoms with E-state index in [4.69, 9.17) is 4.52 Å². The van der Waals surface area contributed by atoms with Crippen LogP contribution in [0.1, 0.15) is 11.4 Å². The van der Waals surface area contributed by atoms with E-state index < -0.39 is 0 Å². The van der Waals surface area contributed by atoms with E-state index in [2.05, 4.69) is 10.3 Å². The maximum Gasteiger partial charge on any atom is 0.124 e. The van der Waals surface area contributed by atoms with Gasteiger partial charge in [-0.15, -0.1) is 0 Å². The summed E-state index contributed by atoms with van der Waals surface area (Å²) in [4.78, 5) is 0. The van der Waals surface area contributed by atoms with E-state index in [-0.39, 0.29) is 0 Å². The molecule has 0 amide bonds. The molecule has 0 aliphatic carbocycles. The summed E-state index contributed by atoms with van der Waals surface area (Å²) in [5.41, 5.74) is 2.92. The molecule has 0 radical (unpaired) electrons. The Labute approximate surface area is 98.5 Å². The van der Waals surface area contributed by atoms with E-state index in [0.717, 1.165) is 17.1 Å². The zero-order chi connectivity index (χ0) is 11.5. The SMILES string of the molecule is c1ccc(-n2ccc(Cc3ccon3)n2)cc1. The number of para-hydroxylation sites is 1. The molecule has 3 aromatic rings. The van der Waals surface area contributed by atoms with Crippen LogP contribution < -0.4 is 0 Å². The first kappa shape index (κ1) is 9.84. The van der Waals surface area contributed by atoms with Gasteiger partial charge in [-0.05, 0) is 18.2 Å². The van der Waals surface area contributed by atoms with Crippen molar-refractivity contribution in [3.63, 3.8) is 0 Å². The van der Waals surface area contributed by atoms with Gasteiger partial charge in [0.2, 0.25) is 0 Å². The van der Waals surface area contributed by atoms with Crippen LogP contribution in [0.3, 0.4) is 0 Å². The smallest absolute Gasteiger partial charge is 0.124 e. The van der Waals surface area contributed by atoms with Crippen molar-refractivity contribution in [3.05, 3.63) is 66.3 Å². The van der Waals surface area contributed by atoms with Gasteiger partial charge < -0.3 is 4.52 Å². The van der Waals surface area contributed by atoms with E-state index in [0.29, 0.717) is 6.42 Å². The number of aromatic nitrogens is 3. The molecule has 0 aliphatic heterocycles. The molecule has 0 N–H and O–H groups in total. The Morgan fingerprint density at radius 3 is 2.65 bits per heavy atom. The molecule has 0 bridgehead atoms. The molecule has 3 rings (SSSR count). The Bertz CT molecular complexity index is 584. The van der Waals surface area contributed by atoms with Crippen molar-refractivity contribution in [2.45, 2.75) is 6.42 Å². The van der Waals surface area contributed by atoms with Gasteiger partial charge in [0, 0.05) is 18.7 Å². The Morgan fingerprint density at radius 2 is 1.88 bits per heavy atom. The van der Waals surface area contributed by atoms with Crippen LogP contribution in [0.4, 0.5) is 0 Å². The monoisotopic (exact) mass is 225 g/mol. The van der Waals surface area contributed by atoms with Gasteiger partial charge in [-0.25, -0.2) is 4.68 Å². The van der Waals surface area contributed by atoms with Gasteiger partial charge in [0.15, 0.2) is 0 Å². The summed E-state index contributed by atoms with van der Waals surface area (Å²) in [5, 5.41) is 8.36. The predicted octanol–water partition coefficient (Wildman–Crippen LogP) is 2.45. The van der Waals surface area contributed by atoms with Crippen LogP contribution >= 0.6 is 0 Å². The molecule has 0 spiro atoms. The minimum Gasteiger partial charge on any atom is -0.364 e. The second-order valence-corrected chi connectivity index (χ2v) is 3.75. The molecule has 4 nitrogen and oxygen atoms in total. The molecule has 0 unspecified atom stereocenters. The Balaban J connectivity index is 1.84. The van der Waals surface area contributed by atoms with Crippen LogP contribution in [0, 0.1) is 0 Å². The lowest BCUT2D eigenvalue weighted by atomic mass is 10.2. The lowest BCUT2D eigenvalue weighted by Crippen LogP contribution is -1.96. The third kappa shape index (κ3) is 2.10. The summed E-state index contributed by atoms with van der Waals surface area (Å²) in [7, 11) is 0. The number of benzene rings is 1. The van der Waals surface area contributed by atoms with Crippen molar-refractivity contribution < 1.29 is 4.52 Å². The van der Waals surface area contributed by atoms with Crippen LogP contribution in [-0.4, -0.2) is 14.9 Å². The van der Waals surface area contributed by atoms with E-state index in [9.17, 15) is 0 Å². The molecule has 2 aromatic heterocycles. The van der Waals surface area contributed by atoms with Gasteiger partial charge >= 0.3 is 0 Å². The van der Waals surface area contributed by atoms with Gasteiger partial charge in [-0.2, -0.15) is 5.10 Å². The molecule has 0 fully saturated rings. The topological polar surface area (TPSA) is 43.9 Å². The summed E-state index contributed by atoms with van der Waals surface area (Å²) in [6.45, 7) is 0. The van der Waals surface area contributed by atoms with Gasteiger partial charge in [-0.3, -0.25) is 0 Å². The predicted molar refractivity (Wildman–Crippen MR) is 62.9 cm³/mol. The number of hydrogen-bond acceptors (Lipinski definition) is 3. The van der Waals surface area contributed by atoms with Crippen molar-refractivity contribution in [2.24, 2.45) is 0 Å². The van der Waals surface area contributed by atoms with Crippen molar-refractivity contribution in [1.29, 1.82) is 0 Å². The minimum atomic E-state index is 0.691. The van der Waals surface area contributed by atoms with Crippen molar-refractivity contribution >= 4 is 0 Å². The van der Waals surface area contributed by atoms with Gasteiger partial charge in [0.1, 0.15) is 6.26 Å². The molecular formula is C13H11N3O. The maximum atomic E-state index is 4.79.